The number of likely N-dealkylation sites (tertiary alicyclic amines) is 1. The number of aryl methyl sites for hydroxylation is 2. The normalized spacial score (nSPS) is 20.5. The first kappa shape index (κ1) is 17.1. The van der Waals surface area contributed by atoms with Gasteiger partial charge >= 0.3 is 0 Å². The predicted octanol–water partition coefficient (Wildman–Crippen LogP) is 3.26. The fourth-order valence-corrected chi connectivity index (χ4v) is 5.69. The van der Waals surface area contributed by atoms with E-state index < -0.39 is 0 Å². The zero-order valence-corrected chi connectivity index (χ0v) is 17.0. The van der Waals surface area contributed by atoms with Crippen molar-refractivity contribution in [2.24, 2.45) is 12.5 Å². The summed E-state index contributed by atoms with van der Waals surface area (Å²) in [5.74, 6) is 1.13. The van der Waals surface area contributed by atoms with Crippen molar-refractivity contribution in [3.05, 3.63) is 35.2 Å². The SMILES string of the molecule is CCc1cc2c(N3CCC4(C3)CN([C@@H](C)c3ccnn3C)C4)ncnc2s1. The second-order valence-corrected chi connectivity index (χ2v) is 9.23. The van der Waals surface area contributed by atoms with Gasteiger partial charge < -0.3 is 4.90 Å². The van der Waals surface area contributed by atoms with Crippen LogP contribution in [-0.2, 0) is 13.5 Å². The number of rotatable bonds is 4. The van der Waals surface area contributed by atoms with Crippen LogP contribution in [0.5, 0.6) is 0 Å². The fourth-order valence-electron chi connectivity index (χ4n) is 4.76. The monoisotopic (exact) mass is 382 g/mol. The van der Waals surface area contributed by atoms with Gasteiger partial charge in [0.25, 0.3) is 0 Å². The van der Waals surface area contributed by atoms with E-state index in [4.69, 9.17) is 0 Å². The summed E-state index contributed by atoms with van der Waals surface area (Å²) in [6, 6.07) is 4.85. The molecule has 0 bridgehead atoms. The fraction of sp³-hybridized carbons (Fsp3) is 0.550. The van der Waals surface area contributed by atoms with E-state index in [-0.39, 0.29) is 0 Å². The number of anilines is 1. The lowest BCUT2D eigenvalue weighted by molar-refractivity contribution is -0.0142. The molecule has 27 heavy (non-hydrogen) atoms. The van der Waals surface area contributed by atoms with Gasteiger partial charge in [-0.1, -0.05) is 6.92 Å². The second kappa shape index (κ2) is 6.27. The molecule has 0 radical (unpaired) electrons. The van der Waals surface area contributed by atoms with Gasteiger partial charge in [-0.25, -0.2) is 9.97 Å². The number of thiophene rings is 1. The number of hydrogen-bond donors (Lipinski definition) is 0. The Balaban J connectivity index is 1.32. The Labute approximate surface area is 163 Å². The summed E-state index contributed by atoms with van der Waals surface area (Å²) in [5, 5.41) is 5.56. The van der Waals surface area contributed by atoms with Crippen LogP contribution >= 0.6 is 11.3 Å². The van der Waals surface area contributed by atoms with E-state index in [2.05, 4.69) is 50.8 Å². The van der Waals surface area contributed by atoms with Gasteiger partial charge in [-0.05, 0) is 31.9 Å². The molecule has 5 heterocycles. The Bertz CT molecular complexity index is 970. The average Bonchev–Trinajstić information content (AvgIpc) is 3.36. The van der Waals surface area contributed by atoms with E-state index in [1.165, 1.54) is 22.4 Å². The molecule has 2 aliphatic heterocycles. The molecule has 7 heteroatoms. The molecule has 5 rings (SSSR count). The highest BCUT2D eigenvalue weighted by atomic mass is 32.1. The minimum absolute atomic E-state index is 0.410. The van der Waals surface area contributed by atoms with E-state index >= 15 is 0 Å². The third-order valence-electron chi connectivity index (χ3n) is 6.36. The van der Waals surface area contributed by atoms with Gasteiger partial charge in [-0.15, -0.1) is 11.3 Å². The van der Waals surface area contributed by atoms with E-state index in [0.717, 1.165) is 43.2 Å². The molecule has 0 saturated carbocycles. The van der Waals surface area contributed by atoms with Crippen molar-refractivity contribution >= 4 is 27.4 Å². The third-order valence-corrected chi connectivity index (χ3v) is 7.54. The van der Waals surface area contributed by atoms with Gasteiger partial charge in [-0.3, -0.25) is 9.58 Å². The van der Waals surface area contributed by atoms with Crippen molar-refractivity contribution in [1.82, 2.24) is 24.6 Å². The lowest BCUT2D eigenvalue weighted by Crippen LogP contribution is -2.58. The number of hydrogen-bond acceptors (Lipinski definition) is 6. The van der Waals surface area contributed by atoms with Crippen LogP contribution in [0.4, 0.5) is 5.82 Å². The number of fused-ring (bicyclic) bond motifs is 1. The highest BCUT2D eigenvalue weighted by molar-refractivity contribution is 7.18. The van der Waals surface area contributed by atoms with Crippen LogP contribution in [0.3, 0.4) is 0 Å². The van der Waals surface area contributed by atoms with Gasteiger partial charge in [0, 0.05) is 55.8 Å². The Hall–Kier alpha value is -1.99. The lowest BCUT2D eigenvalue weighted by atomic mass is 9.78. The predicted molar refractivity (Wildman–Crippen MR) is 109 cm³/mol. The summed E-state index contributed by atoms with van der Waals surface area (Å²) in [6.07, 6.45) is 5.93. The highest BCUT2D eigenvalue weighted by Crippen LogP contribution is 2.45. The molecule has 0 N–H and O–H groups in total. The van der Waals surface area contributed by atoms with Crippen molar-refractivity contribution in [1.29, 1.82) is 0 Å². The average molecular weight is 383 g/mol. The van der Waals surface area contributed by atoms with Gasteiger partial charge in [0.05, 0.1) is 11.1 Å². The van der Waals surface area contributed by atoms with Crippen molar-refractivity contribution in [3.63, 3.8) is 0 Å². The Morgan fingerprint density at radius 1 is 1.26 bits per heavy atom. The summed E-state index contributed by atoms with van der Waals surface area (Å²) in [4.78, 5) is 16.7. The topological polar surface area (TPSA) is 50.1 Å². The maximum Gasteiger partial charge on any atom is 0.140 e. The summed E-state index contributed by atoms with van der Waals surface area (Å²) in [6.45, 7) is 9.02. The summed E-state index contributed by atoms with van der Waals surface area (Å²) in [7, 11) is 2.03. The zero-order chi connectivity index (χ0) is 18.6. The van der Waals surface area contributed by atoms with Crippen molar-refractivity contribution in [2.75, 3.05) is 31.1 Å². The molecule has 142 valence electrons. The Morgan fingerprint density at radius 3 is 2.85 bits per heavy atom. The molecule has 2 saturated heterocycles. The minimum Gasteiger partial charge on any atom is -0.355 e. The first-order valence-electron chi connectivity index (χ1n) is 9.79. The molecule has 2 aliphatic rings. The Kier molecular flexibility index (Phi) is 3.98. The first-order chi connectivity index (χ1) is 13.1. The Morgan fingerprint density at radius 2 is 2.11 bits per heavy atom. The standard InChI is InChI=1S/C20H26N6S/c1-4-15-9-16-18(21-13-22-19(16)27-15)25-8-6-20(10-25)11-26(12-20)14(2)17-5-7-23-24(17)3/h5,7,9,13-14H,4,6,8,10-12H2,1-3H3/t14-/m0/s1. The molecule has 0 aromatic carbocycles. The maximum absolute atomic E-state index is 4.66. The van der Waals surface area contributed by atoms with Gasteiger partial charge in [0.2, 0.25) is 0 Å². The van der Waals surface area contributed by atoms with Gasteiger partial charge in [-0.2, -0.15) is 5.10 Å². The van der Waals surface area contributed by atoms with Gasteiger partial charge in [0.15, 0.2) is 0 Å². The van der Waals surface area contributed by atoms with Crippen LogP contribution in [0.1, 0.15) is 36.9 Å². The first-order valence-corrected chi connectivity index (χ1v) is 10.6. The van der Waals surface area contributed by atoms with Crippen LogP contribution in [0.15, 0.2) is 24.7 Å². The van der Waals surface area contributed by atoms with E-state index in [9.17, 15) is 0 Å². The van der Waals surface area contributed by atoms with Crippen LogP contribution < -0.4 is 4.90 Å². The largest absolute Gasteiger partial charge is 0.355 e. The molecule has 3 aromatic rings. The van der Waals surface area contributed by atoms with E-state index in [1.54, 1.807) is 17.7 Å². The van der Waals surface area contributed by atoms with Gasteiger partial charge in [0.1, 0.15) is 17.0 Å². The van der Waals surface area contributed by atoms with Crippen LogP contribution in [0.25, 0.3) is 10.2 Å². The summed E-state index contributed by atoms with van der Waals surface area (Å²) in [5.41, 5.74) is 1.70. The molecule has 0 aliphatic carbocycles. The molecule has 6 nitrogen and oxygen atoms in total. The lowest BCUT2D eigenvalue weighted by Gasteiger charge is -2.50. The molecule has 2 fully saturated rings. The molecular weight excluding hydrogens is 356 g/mol. The highest BCUT2D eigenvalue weighted by Gasteiger charge is 2.49. The minimum atomic E-state index is 0.410. The molecule has 1 atom stereocenters. The molecular formula is C20H26N6S. The van der Waals surface area contributed by atoms with Crippen molar-refractivity contribution < 1.29 is 0 Å². The van der Waals surface area contributed by atoms with E-state index in [0.29, 0.717) is 11.5 Å². The van der Waals surface area contributed by atoms with Crippen LogP contribution in [0, 0.1) is 5.41 Å². The van der Waals surface area contributed by atoms with Crippen molar-refractivity contribution in [3.8, 4) is 0 Å². The van der Waals surface area contributed by atoms with E-state index in [1.807, 2.05) is 17.9 Å². The zero-order valence-electron chi connectivity index (χ0n) is 16.2. The third kappa shape index (κ3) is 2.75. The molecule has 3 aromatic heterocycles. The maximum atomic E-state index is 4.66. The second-order valence-electron chi connectivity index (χ2n) is 8.11. The molecule has 0 unspecified atom stereocenters. The molecule has 0 amide bonds. The smallest absolute Gasteiger partial charge is 0.140 e. The van der Waals surface area contributed by atoms with Crippen LogP contribution in [0.2, 0.25) is 0 Å². The van der Waals surface area contributed by atoms with Crippen LogP contribution in [-0.4, -0.2) is 50.8 Å². The summed E-state index contributed by atoms with van der Waals surface area (Å²) < 4.78 is 2.00. The molecule has 1 spiro atoms. The van der Waals surface area contributed by atoms with Crippen molar-refractivity contribution in [2.45, 2.75) is 32.7 Å². The quantitative estimate of drug-likeness (QED) is 0.693. The summed E-state index contributed by atoms with van der Waals surface area (Å²) >= 11 is 1.80. The number of aromatic nitrogens is 4. The number of nitrogens with zero attached hydrogens (tertiary/aromatic N) is 6.